The number of hydrogen-bond acceptors (Lipinski definition) is 5. The Labute approximate surface area is 155 Å². The zero-order valence-corrected chi connectivity index (χ0v) is 14.9. The number of furan rings is 1. The van der Waals surface area contributed by atoms with Gasteiger partial charge in [0.25, 0.3) is 11.6 Å². The second-order valence-corrected chi connectivity index (χ2v) is 6.58. The second kappa shape index (κ2) is 6.75. The van der Waals surface area contributed by atoms with Crippen molar-refractivity contribution in [2.24, 2.45) is 0 Å². The smallest absolute Gasteiger partial charge is 0.292 e. The van der Waals surface area contributed by atoms with Crippen molar-refractivity contribution in [3.8, 4) is 0 Å². The minimum absolute atomic E-state index is 0.0883. The number of rotatable bonds is 3. The van der Waals surface area contributed by atoms with Gasteiger partial charge in [0.15, 0.2) is 5.76 Å². The summed E-state index contributed by atoms with van der Waals surface area (Å²) in [6.07, 6.45) is 0. The summed E-state index contributed by atoms with van der Waals surface area (Å²) in [6, 6.07) is 14.3. The SMILES string of the molecule is Cc1c(C(=O)N2CCN(c3ccccc3[N+](=O)[O-])CC2)oc2ccccc12. The lowest BCUT2D eigenvalue weighted by atomic mass is 10.1. The summed E-state index contributed by atoms with van der Waals surface area (Å²) in [5, 5.41) is 12.2. The predicted molar refractivity (Wildman–Crippen MR) is 102 cm³/mol. The van der Waals surface area contributed by atoms with Crippen LogP contribution in [0.25, 0.3) is 11.0 Å². The Morgan fingerprint density at radius 3 is 2.41 bits per heavy atom. The number of fused-ring (bicyclic) bond motifs is 1. The van der Waals surface area contributed by atoms with Crippen LogP contribution >= 0.6 is 0 Å². The van der Waals surface area contributed by atoms with Crippen LogP contribution in [0.2, 0.25) is 0 Å². The van der Waals surface area contributed by atoms with E-state index in [4.69, 9.17) is 4.42 Å². The number of carbonyl (C=O) groups excluding carboxylic acids is 1. The number of nitro benzene ring substituents is 1. The molecule has 0 aliphatic carbocycles. The number of nitro groups is 1. The largest absolute Gasteiger partial charge is 0.451 e. The van der Waals surface area contributed by atoms with Crippen LogP contribution < -0.4 is 4.90 Å². The minimum atomic E-state index is -0.370. The first-order valence-corrected chi connectivity index (χ1v) is 8.82. The lowest BCUT2D eigenvalue weighted by molar-refractivity contribution is -0.384. The molecule has 138 valence electrons. The maximum absolute atomic E-state index is 12.9. The molecule has 1 saturated heterocycles. The molecule has 0 atom stereocenters. The van der Waals surface area contributed by atoms with Gasteiger partial charge in [-0.15, -0.1) is 0 Å². The maximum Gasteiger partial charge on any atom is 0.292 e. The summed E-state index contributed by atoms with van der Waals surface area (Å²) in [4.78, 5) is 27.5. The fraction of sp³-hybridized carbons (Fsp3) is 0.250. The molecule has 0 saturated carbocycles. The molecule has 7 heteroatoms. The van der Waals surface area contributed by atoms with Gasteiger partial charge in [-0.1, -0.05) is 30.3 Å². The molecule has 1 aromatic heterocycles. The Morgan fingerprint density at radius 2 is 1.70 bits per heavy atom. The summed E-state index contributed by atoms with van der Waals surface area (Å²) < 4.78 is 5.78. The normalized spacial score (nSPS) is 14.6. The number of amides is 1. The van der Waals surface area contributed by atoms with E-state index in [1.54, 1.807) is 23.1 Å². The molecule has 1 aliphatic rings. The number of carbonyl (C=O) groups is 1. The number of piperazine rings is 1. The third-order valence-electron chi connectivity index (χ3n) is 5.02. The highest BCUT2D eigenvalue weighted by Gasteiger charge is 2.28. The first-order chi connectivity index (χ1) is 13.1. The fourth-order valence-corrected chi connectivity index (χ4v) is 3.56. The number of benzene rings is 2. The van der Waals surface area contributed by atoms with E-state index in [0.717, 1.165) is 10.9 Å². The van der Waals surface area contributed by atoms with Gasteiger partial charge in [-0.05, 0) is 19.1 Å². The standard InChI is InChI=1S/C20H19N3O4/c1-14-15-6-2-5-9-18(15)27-19(14)20(24)22-12-10-21(11-13-22)16-7-3-4-8-17(16)23(25)26/h2-9H,10-13H2,1H3. The Balaban J connectivity index is 1.51. The molecule has 4 rings (SSSR count). The third-order valence-corrected chi connectivity index (χ3v) is 5.02. The molecule has 0 unspecified atom stereocenters. The van der Waals surface area contributed by atoms with Crippen LogP contribution in [0.1, 0.15) is 16.1 Å². The van der Waals surface area contributed by atoms with Gasteiger partial charge in [0.05, 0.1) is 4.92 Å². The molecular weight excluding hydrogens is 346 g/mol. The van der Waals surface area contributed by atoms with E-state index in [1.807, 2.05) is 36.1 Å². The molecular formula is C20H19N3O4. The monoisotopic (exact) mass is 365 g/mol. The van der Waals surface area contributed by atoms with Gasteiger partial charge in [0.1, 0.15) is 11.3 Å². The molecule has 1 fully saturated rings. The molecule has 1 aliphatic heterocycles. The van der Waals surface area contributed by atoms with Crippen molar-refractivity contribution in [3.05, 3.63) is 70.0 Å². The Bertz CT molecular complexity index is 1020. The van der Waals surface area contributed by atoms with Gasteiger partial charge in [-0.25, -0.2) is 0 Å². The van der Waals surface area contributed by atoms with Crippen LogP contribution in [0.15, 0.2) is 52.9 Å². The summed E-state index contributed by atoms with van der Waals surface area (Å²) >= 11 is 0. The van der Waals surface area contributed by atoms with E-state index in [1.165, 1.54) is 6.07 Å². The number of aryl methyl sites for hydroxylation is 1. The molecule has 0 bridgehead atoms. The topological polar surface area (TPSA) is 79.8 Å². The van der Waals surface area contributed by atoms with E-state index >= 15 is 0 Å². The van der Waals surface area contributed by atoms with Crippen molar-refractivity contribution >= 4 is 28.3 Å². The molecule has 1 amide bonds. The number of nitrogens with zero attached hydrogens (tertiary/aromatic N) is 3. The highest BCUT2D eigenvalue weighted by Crippen LogP contribution is 2.29. The van der Waals surface area contributed by atoms with E-state index in [2.05, 4.69) is 0 Å². The van der Waals surface area contributed by atoms with E-state index < -0.39 is 0 Å². The average molecular weight is 365 g/mol. The van der Waals surface area contributed by atoms with Crippen molar-refractivity contribution in [2.75, 3.05) is 31.1 Å². The average Bonchev–Trinajstić information content (AvgIpc) is 3.04. The molecule has 3 aromatic rings. The number of para-hydroxylation sites is 3. The summed E-state index contributed by atoms with van der Waals surface area (Å²) in [7, 11) is 0. The highest BCUT2D eigenvalue weighted by molar-refractivity contribution is 5.99. The summed E-state index contributed by atoms with van der Waals surface area (Å²) in [6.45, 7) is 3.94. The first-order valence-electron chi connectivity index (χ1n) is 8.82. The Morgan fingerprint density at radius 1 is 1.04 bits per heavy atom. The van der Waals surface area contributed by atoms with Crippen LogP contribution in [-0.4, -0.2) is 41.9 Å². The van der Waals surface area contributed by atoms with Gasteiger partial charge >= 0.3 is 0 Å². The Hall–Kier alpha value is -3.35. The van der Waals surface area contributed by atoms with Gasteiger partial charge in [-0.3, -0.25) is 14.9 Å². The predicted octanol–water partition coefficient (Wildman–Crippen LogP) is 3.61. The summed E-state index contributed by atoms with van der Waals surface area (Å²) in [5.41, 5.74) is 2.23. The van der Waals surface area contributed by atoms with Crippen molar-refractivity contribution in [1.29, 1.82) is 0 Å². The second-order valence-electron chi connectivity index (χ2n) is 6.58. The van der Waals surface area contributed by atoms with Gasteiger partial charge in [0.2, 0.25) is 0 Å². The molecule has 2 heterocycles. The number of anilines is 1. The molecule has 0 spiro atoms. The van der Waals surface area contributed by atoms with E-state index in [0.29, 0.717) is 43.2 Å². The van der Waals surface area contributed by atoms with Crippen molar-refractivity contribution in [3.63, 3.8) is 0 Å². The number of hydrogen-bond donors (Lipinski definition) is 0. The van der Waals surface area contributed by atoms with Crippen molar-refractivity contribution < 1.29 is 14.1 Å². The zero-order chi connectivity index (χ0) is 19.0. The van der Waals surface area contributed by atoms with Crippen LogP contribution in [0, 0.1) is 17.0 Å². The molecule has 7 nitrogen and oxygen atoms in total. The summed E-state index contributed by atoms with van der Waals surface area (Å²) in [5.74, 6) is 0.237. The highest BCUT2D eigenvalue weighted by atomic mass is 16.6. The first kappa shape index (κ1) is 17.1. The molecule has 27 heavy (non-hydrogen) atoms. The molecule has 0 radical (unpaired) electrons. The van der Waals surface area contributed by atoms with Gasteiger partial charge in [-0.2, -0.15) is 0 Å². The molecule has 0 N–H and O–H groups in total. The lowest BCUT2D eigenvalue weighted by Crippen LogP contribution is -2.49. The quantitative estimate of drug-likeness (QED) is 0.523. The van der Waals surface area contributed by atoms with Crippen LogP contribution in [0.4, 0.5) is 11.4 Å². The fourth-order valence-electron chi connectivity index (χ4n) is 3.56. The lowest BCUT2D eigenvalue weighted by Gasteiger charge is -2.35. The van der Waals surface area contributed by atoms with Gasteiger partial charge in [0, 0.05) is 43.2 Å². The van der Waals surface area contributed by atoms with Gasteiger partial charge < -0.3 is 14.2 Å². The zero-order valence-electron chi connectivity index (χ0n) is 14.9. The van der Waals surface area contributed by atoms with Crippen molar-refractivity contribution in [1.82, 2.24) is 4.90 Å². The van der Waals surface area contributed by atoms with Crippen molar-refractivity contribution in [2.45, 2.75) is 6.92 Å². The maximum atomic E-state index is 12.9. The Kier molecular flexibility index (Phi) is 4.27. The minimum Gasteiger partial charge on any atom is -0.451 e. The van der Waals surface area contributed by atoms with E-state index in [-0.39, 0.29) is 16.5 Å². The van der Waals surface area contributed by atoms with E-state index in [9.17, 15) is 14.9 Å². The van der Waals surface area contributed by atoms with Crippen LogP contribution in [0.3, 0.4) is 0 Å². The van der Waals surface area contributed by atoms with Crippen LogP contribution in [-0.2, 0) is 0 Å². The van der Waals surface area contributed by atoms with Crippen LogP contribution in [0.5, 0.6) is 0 Å². The third kappa shape index (κ3) is 3.01. The molecule has 2 aromatic carbocycles.